The van der Waals surface area contributed by atoms with Crippen molar-refractivity contribution in [2.45, 2.75) is 34.1 Å². The molecule has 0 nitrogen and oxygen atoms in total. The summed E-state index contributed by atoms with van der Waals surface area (Å²) in [5, 5.41) is 5.40. The third kappa shape index (κ3) is 2.78. The van der Waals surface area contributed by atoms with Gasteiger partial charge in [0.05, 0.1) is 0 Å². The van der Waals surface area contributed by atoms with E-state index in [0.717, 1.165) is 0 Å². The third-order valence-electron chi connectivity index (χ3n) is 3.29. The number of hydrogen-bond donors (Lipinski definition) is 0. The molecule has 0 heterocycles. The normalized spacial score (nSPS) is 10.3. The predicted molar refractivity (Wildman–Crippen MR) is 86.9 cm³/mol. The van der Waals surface area contributed by atoms with Crippen LogP contribution in [0.4, 0.5) is 0 Å². The van der Waals surface area contributed by atoms with Gasteiger partial charge in [-0.2, -0.15) is 0 Å². The molecule has 0 aromatic heterocycles. The summed E-state index contributed by atoms with van der Waals surface area (Å²) in [6.45, 7) is 8.60. The molecule has 0 aliphatic carbocycles. The Morgan fingerprint density at radius 3 is 2.11 bits per heavy atom. The predicted octanol–water partition coefficient (Wildman–Crippen LogP) is 6.03. The SMILES string of the molecule is CCC.Cc1ccc2c(C)c3ccccc3cc2c1. The highest BCUT2D eigenvalue weighted by molar-refractivity contribution is 6.02. The lowest BCUT2D eigenvalue weighted by molar-refractivity contribution is 1.09. The van der Waals surface area contributed by atoms with Crippen LogP contribution < -0.4 is 0 Å². The van der Waals surface area contributed by atoms with Crippen molar-refractivity contribution in [3.63, 3.8) is 0 Å². The minimum absolute atomic E-state index is 1.25. The molecule has 0 aliphatic heterocycles. The zero-order chi connectivity index (χ0) is 13.8. The van der Waals surface area contributed by atoms with Crippen LogP contribution in [0.25, 0.3) is 21.5 Å². The van der Waals surface area contributed by atoms with E-state index in [1.54, 1.807) is 0 Å². The highest BCUT2D eigenvalue weighted by Crippen LogP contribution is 2.28. The molecule has 3 rings (SSSR count). The molecule has 0 saturated heterocycles. The summed E-state index contributed by atoms with van der Waals surface area (Å²) in [6, 6.07) is 17.5. The average molecular weight is 250 g/mol. The minimum atomic E-state index is 1.25. The van der Waals surface area contributed by atoms with E-state index in [9.17, 15) is 0 Å². The Labute approximate surface area is 116 Å². The summed E-state index contributed by atoms with van der Waals surface area (Å²) in [4.78, 5) is 0. The van der Waals surface area contributed by atoms with Gasteiger partial charge in [0.2, 0.25) is 0 Å². The fourth-order valence-corrected chi connectivity index (χ4v) is 2.42. The topological polar surface area (TPSA) is 0 Å². The van der Waals surface area contributed by atoms with E-state index in [2.05, 4.69) is 76.2 Å². The zero-order valence-electron chi connectivity index (χ0n) is 12.3. The first-order chi connectivity index (χ1) is 9.17. The highest BCUT2D eigenvalue weighted by Gasteiger charge is 2.02. The maximum atomic E-state index is 2.28. The standard InChI is InChI=1S/C16H14.C3H8/c1-11-7-8-16-12(2)15-6-4-3-5-13(15)10-14(16)9-11;1-3-2/h3-10H,1-2H3;3H2,1-2H3. The van der Waals surface area contributed by atoms with Gasteiger partial charge >= 0.3 is 0 Å². The van der Waals surface area contributed by atoms with Gasteiger partial charge in [-0.05, 0) is 47.0 Å². The second-order valence-electron chi connectivity index (χ2n) is 5.15. The molecule has 0 atom stereocenters. The van der Waals surface area contributed by atoms with Crippen LogP contribution in [-0.4, -0.2) is 0 Å². The van der Waals surface area contributed by atoms with E-state index in [1.165, 1.54) is 39.1 Å². The Morgan fingerprint density at radius 2 is 1.37 bits per heavy atom. The van der Waals surface area contributed by atoms with Crippen molar-refractivity contribution in [2.24, 2.45) is 0 Å². The molecule has 0 saturated carbocycles. The summed E-state index contributed by atoms with van der Waals surface area (Å²) in [6.07, 6.45) is 1.25. The van der Waals surface area contributed by atoms with Gasteiger partial charge in [0.15, 0.2) is 0 Å². The van der Waals surface area contributed by atoms with Crippen LogP contribution in [0.1, 0.15) is 31.4 Å². The maximum absolute atomic E-state index is 2.28. The van der Waals surface area contributed by atoms with Crippen molar-refractivity contribution < 1.29 is 0 Å². The molecule has 0 amide bonds. The van der Waals surface area contributed by atoms with E-state index < -0.39 is 0 Å². The lowest BCUT2D eigenvalue weighted by atomic mass is 9.97. The number of benzene rings is 3. The summed E-state index contributed by atoms with van der Waals surface area (Å²) < 4.78 is 0. The minimum Gasteiger partial charge on any atom is -0.0656 e. The number of fused-ring (bicyclic) bond motifs is 2. The molecule has 0 fully saturated rings. The fraction of sp³-hybridized carbons (Fsp3) is 0.263. The first-order valence-electron chi connectivity index (χ1n) is 7.06. The Bertz CT molecular complexity index is 693. The second kappa shape index (κ2) is 5.88. The van der Waals surface area contributed by atoms with E-state index in [-0.39, 0.29) is 0 Å². The molecule has 0 unspecified atom stereocenters. The summed E-state index contributed by atoms with van der Waals surface area (Å²) in [7, 11) is 0. The van der Waals surface area contributed by atoms with Gasteiger partial charge < -0.3 is 0 Å². The monoisotopic (exact) mass is 250 g/mol. The van der Waals surface area contributed by atoms with Crippen LogP contribution in [0, 0.1) is 13.8 Å². The van der Waals surface area contributed by atoms with Gasteiger partial charge in [0.1, 0.15) is 0 Å². The molecule has 0 N–H and O–H groups in total. The molecule has 0 radical (unpaired) electrons. The average Bonchev–Trinajstić information content (AvgIpc) is 2.39. The lowest BCUT2D eigenvalue weighted by Crippen LogP contribution is -1.83. The van der Waals surface area contributed by atoms with E-state index in [0.29, 0.717) is 0 Å². The molecule has 3 aromatic rings. The van der Waals surface area contributed by atoms with E-state index in [4.69, 9.17) is 0 Å². The quantitative estimate of drug-likeness (QED) is 0.427. The first kappa shape index (κ1) is 13.6. The van der Waals surface area contributed by atoms with Crippen LogP contribution in [-0.2, 0) is 0 Å². The Hall–Kier alpha value is -1.82. The molecule has 0 spiro atoms. The zero-order valence-corrected chi connectivity index (χ0v) is 12.3. The largest absolute Gasteiger partial charge is 0.0656 e. The van der Waals surface area contributed by atoms with Crippen molar-refractivity contribution in [1.82, 2.24) is 0 Å². The third-order valence-corrected chi connectivity index (χ3v) is 3.29. The van der Waals surface area contributed by atoms with Crippen LogP contribution in [0.5, 0.6) is 0 Å². The van der Waals surface area contributed by atoms with Crippen molar-refractivity contribution in [3.05, 3.63) is 59.7 Å². The smallest absolute Gasteiger partial charge is 0.0148 e. The van der Waals surface area contributed by atoms with Crippen LogP contribution in [0.3, 0.4) is 0 Å². The lowest BCUT2D eigenvalue weighted by Gasteiger charge is -2.08. The molecular weight excluding hydrogens is 228 g/mol. The first-order valence-corrected chi connectivity index (χ1v) is 7.06. The van der Waals surface area contributed by atoms with Crippen molar-refractivity contribution in [2.75, 3.05) is 0 Å². The Balaban J connectivity index is 0.000000408. The number of aryl methyl sites for hydroxylation is 2. The molecule has 0 bridgehead atoms. The van der Waals surface area contributed by atoms with Gasteiger partial charge in [0, 0.05) is 0 Å². The molecular formula is C19H22. The van der Waals surface area contributed by atoms with Crippen molar-refractivity contribution >= 4 is 21.5 Å². The van der Waals surface area contributed by atoms with Crippen LogP contribution in [0.2, 0.25) is 0 Å². The van der Waals surface area contributed by atoms with Gasteiger partial charge in [-0.25, -0.2) is 0 Å². The molecule has 3 aromatic carbocycles. The van der Waals surface area contributed by atoms with Gasteiger partial charge in [-0.3, -0.25) is 0 Å². The Morgan fingerprint density at radius 1 is 0.737 bits per heavy atom. The number of hydrogen-bond acceptors (Lipinski definition) is 0. The molecule has 0 aliphatic rings. The molecule has 19 heavy (non-hydrogen) atoms. The van der Waals surface area contributed by atoms with Crippen molar-refractivity contribution in [1.29, 1.82) is 0 Å². The maximum Gasteiger partial charge on any atom is -0.0148 e. The van der Waals surface area contributed by atoms with Crippen LogP contribution in [0.15, 0.2) is 48.5 Å². The molecule has 98 valence electrons. The van der Waals surface area contributed by atoms with E-state index in [1.807, 2.05) is 0 Å². The van der Waals surface area contributed by atoms with Gasteiger partial charge in [-0.15, -0.1) is 0 Å². The van der Waals surface area contributed by atoms with Crippen LogP contribution >= 0.6 is 0 Å². The highest BCUT2D eigenvalue weighted by atomic mass is 14.1. The Kier molecular flexibility index (Phi) is 4.21. The number of rotatable bonds is 0. The summed E-state index contributed by atoms with van der Waals surface area (Å²) in [5.74, 6) is 0. The summed E-state index contributed by atoms with van der Waals surface area (Å²) in [5.41, 5.74) is 2.70. The summed E-state index contributed by atoms with van der Waals surface area (Å²) >= 11 is 0. The van der Waals surface area contributed by atoms with Gasteiger partial charge in [0.25, 0.3) is 0 Å². The van der Waals surface area contributed by atoms with E-state index >= 15 is 0 Å². The second-order valence-corrected chi connectivity index (χ2v) is 5.15. The van der Waals surface area contributed by atoms with Crippen molar-refractivity contribution in [3.8, 4) is 0 Å². The fourth-order valence-electron chi connectivity index (χ4n) is 2.42. The van der Waals surface area contributed by atoms with Gasteiger partial charge in [-0.1, -0.05) is 68.3 Å². The molecule has 0 heteroatoms.